The van der Waals surface area contributed by atoms with Crippen molar-refractivity contribution in [3.05, 3.63) is 64.7 Å². The molecule has 6 heteroatoms. The van der Waals surface area contributed by atoms with Crippen molar-refractivity contribution in [3.63, 3.8) is 0 Å². The SMILES string of the molecule is O=C(c1ccccc1COc1ccc(Cl)cc1)C(F)(F)F. The van der Waals surface area contributed by atoms with Crippen LogP contribution in [0.15, 0.2) is 48.5 Å². The molecular weight excluding hydrogens is 305 g/mol. The van der Waals surface area contributed by atoms with Gasteiger partial charge in [0.15, 0.2) is 0 Å². The van der Waals surface area contributed by atoms with Gasteiger partial charge in [-0.15, -0.1) is 0 Å². The van der Waals surface area contributed by atoms with Gasteiger partial charge in [0.25, 0.3) is 5.78 Å². The first-order chi connectivity index (χ1) is 9.88. The zero-order chi connectivity index (χ0) is 15.5. The summed E-state index contributed by atoms with van der Waals surface area (Å²) in [5, 5.41) is 0.523. The van der Waals surface area contributed by atoms with Crippen LogP contribution in [0.3, 0.4) is 0 Å². The summed E-state index contributed by atoms with van der Waals surface area (Å²) in [4.78, 5) is 11.3. The maximum absolute atomic E-state index is 12.5. The fraction of sp³-hybridized carbons (Fsp3) is 0.133. The number of Topliss-reactive ketones (excluding diaryl/α,β-unsaturated/α-hetero) is 1. The largest absolute Gasteiger partial charge is 0.489 e. The Balaban J connectivity index is 2.17. The van der Waals surface area contributed by atoms with E-state index in [9.17, 15) is 18.0 Å². The summed E-state index contributed by atoms with van der Waals surface area (Å²) in [6, 6.07) is 11.9. The van der Waals surface area contributed by atoms with Gasteiger partial charge in [0.2, 0.25) is 0 Å². The highest BCUT2D eigenvalue weighted by atomic mass is 35.5. The maximum Gasteiger partial charge on any atom is 0.454 e. The summed E-state index contributed by atoms with van der Waals surface area (Å²) in [5.41, 5.74) is -0.228. The number of carbonyl (C=O) groups is 1. The average molecular weight is 315 g/mol. The van der Waals surface area contributed by atoms with Crippen LogP contribution in [0, 0.1) is 0 Å². The zero-order valence-corrected chi connectivity index (χ0v) is 11.4. The molecule has 0 heterocycles. The molecule has 2 nitrogen and oxygen atoms in total. The third kappa shape index (κ3) is 3.98. The van der Waals surface area contributed by atoms with Gasteiger partial charge in [-0.1, -0.05) is 35.9 Å². The van der Waals surface area contributed by atoms with Crippen LogP contribution >= 0.6 is 11.6 Å². The Bertz CT molecular complexity index is 636. The molecule has 0 radical (unpaired) electrons. The van der Waals surface area contributed by atoms with Gasteiger partial charge in [-0.2, -0.15) is 13.2 Å². The molecule has 2 aromatic rings. The maximum atomic E-state index is 12.5. The number of carbonyl (C=O) groups excluding carboxylic acids is 1. The molecule has 0 fully saturated rings. The summed E-state index contributed by atoms with van der Waals surface area (Å²) < 4.78 is 42.9. The summed E-state index contributed by atoms with van der Waals surface area (Å²) in [5.74, 6) is -1.42. The zero-order valence-electron chi connectivity index (χ0n) is 10.7. The molecule has 0 saturated carbocycles. The molecule has 0 bridgehead atoms. The number of benzene rings is 2. The van der Waals surface area contributed by atoms with Crippen LogP contribution in [0.1, 0.15) is 15.9 Å². The van der Waals surface area contributed by atoms with Gasteiger partial charge in [-0.05, 0) is 24.3 Å². The molecule has 0 amide bonds. The van der Waals surface area contributed by atoms with Crippen LogP contribution in [-0.4, -0.2) is 12.0 Å². The minimum absolute atomic E-state index is 0.139. The molecule has 0 unspecified atom stereocenters. The van der Waals surface area contributed by atoms with Crippen molar-refractivity contribution in [2.45, 2.75) is 12.8 Å². The molecule has 0 spiro atoms. The van der Waals surface area contributed by atoms with Crippen LogP contribution in [0.25, 0.3) is 0 Å². The molecule has 0 N–H and O–H groups in total. The molecule has 2 aromatic carbocycles. The van der Waals surface area contributed by atoms with E-state index in [0.29, 0.717) is 10.8 Å². The second-order valence-corrected chi connectivity index (χ2v) is 4.66. The predicted octanol–water partition coefficient (Wildman–Crippen LogP) is 4.66. The lowest BCUT2D eigenvalue weighted by Crippen LogP contribution is -2.24. The molecule has 21 heavy (non-hydrogen) atoms. The van der Waals surface area contributed by atoms with E-state index in [-0.39, 0.29) is 12.2 Å². The van der Waals surface area contributed by atoms with E-state index in [1.54, 1.807) is 30.3 Å². The Hall–Kier alpha value is -2.01. The molecular formula is C15H10ClF3O2. The van der Waals surface area contributed by atoms with E-state index in [4.69, 9.17) is 16.3 Å². The van der Waals surface area contributed by atoms with E-state index in [1.807, 2.05) is 0 Å². The molecule has 2 rings (SSSR count). The first-order valence-electron chi connectivity index (χ1n) is 5.96. The van der Waals surface area contributed by atoms with Gasteiger partial charge < -0.3 is 4.74 Å². The van der Waals surface area contributed by atoms with E-state index >= 15 is 0 Å². The molecule has 0 aliphatic heterocycles. The summed E-state index contributed by atoms with van der Waals surface area (Å²) >= 11 is 5.72. The lowest BCUT2D eigenvalue weighted by molar-refractivity contribution is -0.0886. The third-order valence-electron chi connectivity index (χ3n) is 2.73. The minimum atomic E-state index is -4.91. The Kier molecular flexibility index (Phi) is 4.53. The highest BCUT2D eigenvalue weighted by molar-refractivity contribution is 6.30. The van der Waals surface area contributed by atoms with Crippen LogP contribution < -0.4 is 4.74 Å². The van der Waals surface area contributed by atoms with E-state index in [2.05, 4.69) is 0 Å². The Morgan fingerprint density at radius 1 is 1.05 bits per heavy atom. The second-order valence-electron chi connectivity index (χ2n) is 4.23. The third-order valence-corrected chi connectivity index (χ3v) is 2.98. The van der Waals surface area contributed by atoms with Crippen molar-refractivity contribution < 1.29 is 22.7 Å². The fourth-order valence-electron chi connectivity index (χ4n) is 1.71. The van der Waals surface area contributed by atoms with Crippen LogP contribution in [0.2, 0.25) is 5.02 Å². The Morgan fingerprint density at radius 2 is 1.67 bits per heavy atom. The first-order valence-corrected chi connectivity index (χ1v) is 6.33. The van der Waals surface area contributed by atoms with Crippen molar-refractivity contribution in [1.29, 1.82) is 0 Å². The summed E-state index contributed by atoms with van der Waals surface area (Å²) in [6.07, 6.45) is -4.91. The number of ether oxygens (including phenoxy) is 1. The van der Waals surface area contributed by atoms with E-state index in [0.717, 1.165) is 6.07 Å². The fourth-order valence-corrected chi connectivity index (χ4v) is 1.84. The van der Waals surface area contributed by atoms with Gasteiger partial charge in [-0.25, -0.2) is 0 Å². The number of alkyl halides is 3. The van der Waals surface area contributed by atoms with Gasteiger partial charge in [0, 0.05) is 16.1 Å². The number of rotatable bonds is 4. The normalized spacial score (nSPS) is 11.2. The number of halogens is 4. The molecule has 0 saturated heterocycles. The van der Waals surface area contributed by atoms with Crippen LogP contribution in [0.4, 0.5) is 13.2 Å². The monoisotopic (exact) mass is 314 g/mol. The number of hydrogen-bond acceptors (Lipinski definition) is 2. The lowest BCUT2D eigenvalue weighted by Gasteiger charge is -2.12. The van der Waals surface area contributed by atoms with Crippen LogP contribution in [-0.2, 0) is 6.61 Å². The number of hydrogen-bond donors (Lipinski definition) is 0. The van der Waals surface area contributed by atoms with Crippen LogP contribution in [0.5, 0.6) is 5.75 Å². The molecule has 110 valence electrons. The van der Waals surface area contributed by atoms with E-state index in [1.165, 1.54) is 12.1 Å². The Morgan fingerprint density at radius 3 is 2.29 bits per heavy atom. The van der Waals surface area contributed by atoms with E-state index < -0.39 is 17.5 Å². The lowest BCUT2D eigenvalue weighted by atomic mass is 10.0. The first kappa shape index (κ1) is 15.4. The highest BCUT2D eigenvalue weighted by Crippen LogP contribution is 2.24. The highest BCUT2D eigenvalue weighted by Gasteiger charge is 2.40. The van der Waals surface area contributed by atoms with Crippen molar-refractivity contribution in [2.75, 3.05) is 0 Å². The number of ketones is 1. The smallest absolute Gasteiger partial charge is 0.454 e. The average Bonchev–Trinajstić information content (AvgIpc) is 2.45. The molecule has 0 atom stereocenters. The van der Waals surface area contributed by atoms with Gasteiger partial charge in [0.1, 0.15) is 12.4 Å². The summed E-state index contributed by atoms with van der Waals surface area (Å²) in [7, 11) is 0. The quantitative estimate of drug-likeness (QED) is 0.767. The topological polar surface area (TPSA) is 26.3 Å². The predicted molar refractivity (Wildman–Crippen MR) is 72.6 cm³/mol. The molecule has 0 aromatic heterocycles. The van der Waals surface area contributed by atoms with Gasteiger partial charge >= 0.3 is 6.18 Å². The van der Waals surface area contributed by atoms with Crippen molar-refractivity contribution in [2.24, 2.45) is 0 Å². The van der Waals surface area contributed by atoms with Gasteiger partial charge in [0.05, 0.1) is 0 Å². The summed E-state index contributed by atoms with van der Waals surface area (Å²) in [6.45, 7) is -0.139. The van der Waals surface area contributed by atoms with Gasteiger partial charge in [-0.3, -0.25) is 4.79 Å². The second kappa shape index (κ2) is 6.18. The van der Waals surface area contributed by atoms with Crippen molar-refractivity contribution in [3.8, 4) is 5.75 Å². The molecule has 0 aliphatic carbocycles. The standard InChI is InChI=1S/C15H10ClF3O2/c16-11-5-7-12(8-6-11)21-9-10-3-1-2-4-13(10)14(20)15(17,18)19/h1-8H,9H2. The van der Waals surface area contributed by atoms with Crippen molar-refractivity contribution >= 4 is 17.4 Å². The molecule has 0 aliphatic rings. The minimum Gasteiger partial charge on any atom is -0.489 e. The Labute approximate surface area is 124 Å². The van der Waals surface area contributed by atoms with Crippen molar-refractivity contribution in [1.82, 2.24) is 0 Å².